The van der Waals surface area contributed by atoms with Crippen LogP contribution in [0.1, 0.15) is 17.5 Å². The fourth-order valence-electron chi connectivity index (χ4n) is 3.37. The quantitative estimate of drug-likeness (QED) is 0.368. The Morgan fingerprint density at radius 2 is 1.68 bits per heavy atom. The van der Waals surface area contributed by atoms with Gasteiger partial charge in [0.15, 0.2) is 0 Å². The molecule has 0 aromatic heterocycles. The third-order valence-electron chi connectivity index (χ3n) is 5.12. The smallest absolute Gasteiger partial charge is 0.264 e. The second-order valence-electron chi connectivity index (χ2n) is 7.74. The summed E-state index contributed by atoms with van der Waals surface area (Å²) in [6.07, 6.45) is 0.794. The first-order valence-electron chi connectivity index (χ1n) is 11.0. The molecule has 0 aliphatic heterocycles. The van der Waals surface area contributed by atoms with Gasteiger partial charge in [0, 0.05) is 12.3 Å². The molecule has 0 radical (unpaired) electrons. The predicted octanol–water partition coefficient (Wildman–Crippen LogP) is 4.64. The molecule has 0 heterocycles. The van der Waals surface area contributed by atoms with Crippen LogP contribution in [0.3, 0.4) is 0 Å². The Morgan fingerprint density at radius 1 is 1.00 bits per heavy atom. The SMILES string of the molecule is COc1ccc(C)cc1N(CC(=O)NCCCSCc1ccccc1)S(=O)(=O)c1ccccc1. The highest BCUT2D eigenvalue weighted by Gasteiger charge is 2.29. The molecule has 0 saturated heterocycles. The Bertz CT molecular complexity index is 1170. The van der Waals surface area contributed by atoms with E-state index in [9.17, 15) is 13.2 Å². The summed E-state index contributed by atoms with van der Waals surface area (Å²) in [7, 11) is -2.50. The number of carbonyl (C=O) groups excluding carboxylic acids is 1. The number of sulfonamides is 1. The minimum atomic E-state index is -3.98. The lowest BCUT2D eigenvalue weighted by molar-refractivity contribution is -0.119. The summed E-state index contributed by atoms with van der Waals surface area (Å²) in [5.41, 5.74) is 2.46. The molecule has 0 saturated carbocycles. The highest BCUT2D eigenvalue weighted by Crippen LogP contribution is 2.33. The first-order chi connectivity index (χ1) is 16.4. The number of nitrogens with one attached hydrogen (secondary N) is 1. The summed E-state index contributed by atoms with van der Waals surface area (Å²) in [5.74, 6) is 1.84. The van der Waals surface area contributed by atoms with Crippen LogP contribution >= 0.6 is 11.8 Å². The average Bonchev–Trinajstić information content (AvgIpc) is 2.85. The number of methoxy groups -OCH3 is 1. The Kier molecular flexibility index (Phi) is 9.42. The van der Waals surface area contributed by atoms with Gasteiger partial charge in [-0.3, -0.25) is 9.10 Å². The number of aryl methyl sites for hydroxylation is 1. The highest BCUT2D eigenvalue weighted by molar-refractivity contribution is 7.98. The fourth-order valence-corrected chi connectivity index (χ4v) is 5.73. The molecule has 0 spiro atoms. The fraction of sp³-hybridized carbons (Fsp3) is 0.269. The zero-order valence-corrected chi connectivity index (χ0v) is 21.1. The van der Waals surface area contributed by atoms with Gasteiger partial charge in [0.25, 0.3) is 10.0 Å². The Balaban J connectivity index is 1.66. The van der Waals surface area contributed by atoms with Crippen molar-refractivity contribution in [3.05, 3.63) is 90.0 Å². The minimum absolute atomic E-state index is 0.115. The van der Waals surface area contributed by atoms with Gasteiger partial charge in [-0.1, -0.05) is 54.6 Å². The molecule has 3 rings (SSSR count). The second-order valence-corrected chi connectivity index (χ2v) is 10.7. The van der Waals surface area contributed by atoms with Crippen LogP contribution in [0, 0.1) is 6.92 Å². The lowest BCUT2D eigenvalue weighted by Gasteiger charge is -2.26. The van der Waals surface area contributed by atoms with E-state index < -0.39 is 10.0 Å². The van der Waals surface area contributed by atoms with Crippen molar-refractivity contribution in [1.29, 1.82) is 0 Å². The Hall–Kier alpha value is -2.97. The van der Waals surface area contributed by atoms with Crippen molar-refractivity contribution < 1.29 is 17.9 Å². The van der Waals surface area contributed by atoms with Gasteiger partial charge in [-0.05, 0) is 54.5 Å². The first-order valence-corrected chi connectivity index (χ1v) is 13.6. The van der Waals surface area contributed by atoms with Crippen molar-refractivity contribution >= 4 is 33.4 Å². The van der Waals surface area contributed by atoms with Crippen molar-refractivity contribution in [3.8, 4) is 5.75 Å². The van der Waals surface area contributed by atoms with Crippen LogP contribution in [0.25, 0.3) is 0 Å². The Labute approximate surface area is 206 Å². The molecule has 0 bridgehead atoms. The summed E-state index contributed by atoms with van der Waals surface area (Å²) in [4.78, 5) is 12.9. The molecule has 1 N–H and O–H groups in total. The molecule has 34 heavy (non-hydrogen) atoms. The number of thioether (sulfide) groups is 1. The molecule has 1 amide bonds. The van der Waals surface area contributed by atoms with Gasteiger partial charge < -0.3 is 10.1 Å². The summed E-state index contributed by atoms with van der Waals surface area (Å²) >= 11 is 1.80. The van der Waals surface area contributed by atoms with E-state index in [-0.39, 0.29) is 17.3 Å². The molecule has 0 aliphatic rings. The van der Waals surface area contributed by atoms with E-state index in [1.54, 1.807) is 42.1 Å². The number of benzene rings is 3. The van der Waals surface area contributed by atoms with Crippen LogP contribution in [-0.4, -0.2) is 40.3 Å². The molecule has 0 fully saturated rings. The van der Waals surface area contributed by atoms with Crippen LogP contribution in [-0.2, 0) is 20.6 Å². The Morgan fingerprint density at radius 3 is 2.35 bits per heavy atom. The van der Waals surface area contributed by atoms with E-state index in [2.05, 4.69) is 17.4 Å². The van der Waals surface area contributed by atoms with Crippen molar-refractivity contribution in [3.63, 3.8) is 0 Å². The number of carbonyl (C=O) groups is 1. The average molecular weight is 499 g/mol. The number of anilines is 1. The number of rotatable bonds is 12. The molecule has 0 aliphatic carbocycles. The standard InChI is InChI=1S/C26H30N2O4S2/c1-21-14-15-25(32-2)24(18-21)28(34(30,31)23-12-7-4-8-13-23)19-26(29)27-16-9-17-33-20-22-10-5-3-6-11-22/h3-8,10-15,18H,9,16-17,19-20H2,1-2H3,(H,27,29). The molecule has 0 atom stereocenters. The van der Waals surface area contributed by atoms with E-state index in [0.717, 1.165) is 27.8 Å². The van der Waals surface area contributed by atoms with E-state index in [1.807, 2.05) is 31.2 Å². The lowest BCUT2D eigenvalue weighted by atomic mass is 10.2. The van der Waals surface area contributed by atoms with Gasteiger partial charge in [-0.25, -0.2) is 8.42 Å². The number of nitrogens with zero attached hydrogens (tertiary/aromatic N) is 1. The maximum Gasteiger partial charge on any atom is 0.264 e. The predicted molar refractivity (Wildman–Crippen MR) is 139 cm³/mol. The number of amides is 1. The normalized spacial score (nSPS) is 11.1. The maximum absolute atomic E-state index is 13.5. The zero-order valence-electron chi connectivity index (χ0n) is 19.4. The molecule has 3 aromatic carbocycles. The second kappa shape index (κ2) is 12.5. The van der Waals surface area contributed by atoms with Crippen molar-refractivity contribution in [2.24, 2.45) is 0 Å². The van der Waals surface area contributed by atoms with Crippen LogP contribution in [0.4, 0.5) is 5.69 Å². The molecule has 6 nitrogen and oxygen atoms in total. The molecule has 3 aromatic rings. The minimum Gasteiger partial charge on any atom is -0.495 e. The zero-order chi connectivity index (χ0) is 24.4. The summed E-state index contributed by atoms with van der Waals surface area (Å²) in [6.45, 7) is 2.00. The molecule has 180 valence electrons. The van der Waals surface area contributed by atoms with Gasteiger partial charge in [0.1, 0.15) is 12.3 Å². The first kappa shape index (κ1) is 25.6. The molecular formula is C26H30N2O4S2. The van der Waals surface area contributed by atoms with Crippen molar-refractivity contribution in [2.45, 2.75) is 24.0 Å². The third-order valence-corrected chi connectivity index (χ3v) is 8.01. The molecule has 8 heteroatoms. The lowest BCUT2D eigenvalue weighted by Crippen LogP contribution is -2.41. The summed E-state index contributed by atoms with van der Waals surface area (Å²) in [5, 5.41) is 2.86. The number of hydrogen-bond acceptors (Lipinski definition) is 5. The van der Waals surface area contributed by atoms with Gasteiger partial charge in [-0.2, -0.15) is 11.8 Å². The van der Waals surface area contributed by atoms with E-state index >= 15 is 0 Å². The van der Waals surface area contributed by atoms with E-state index in [0.29, 0.717) is 18.0 Å². The van der Waals surface area contributed by atoms with E-state index in [4.69, 9.17) is 4.74 Å². The van der Waals surface area contributed by atoms with Crippen molar-refractivity contribution in [2.75, 3.05) is 30.3 Å². The molecular weight excluding hydrogens is 468 g/mol. The van der Waals surface area contributed by atoms with Crippen LogP contribution < -0.4 is 14.4 Å². The highest BCUT2D eigenvalue weighted by atomic mass is 32.2. The number of ether oxygens (including phenoxy) is 1. The van der Waals surface area contributed by atoms with Crippen LogP contribution in [0.2, 0.25) is 0 Å². The third kappa shape index (κ3) is 7.01. The largest absolute Gasteiger partial charge is 0.495 e. The topological polar surface area (TPSA) is 75.7 Å². The monoisotopic (exact) mass is 498 g/mol. The van der Waals surface area contributed by atoms with Gasteiger partial charge in [-0.15, -0.1) is 0 Å². The van der Waals surface area contributed by atoms with Gasteiger partial charge in [0.2, 0.25) is 5.91 Å². The number of hydrogen-bond donors (Lipinski definition) is 1. The van der Waals surface area contributed by atoms with E-state index in [1.165, 1.54) is 24.8 Å². The van der Waals surface area contributed by atoms with Crippen molar-refractivity contribution in [1.82, 2.24) is 5.32 Å². The van der Waals surface area contributed by atoms with Gasteiger partial charge in [0.05, 0.1) is 17.7 Å². The summed E-state index contributed by atoms with van der Waals surface area (Å²) in [6, 6.07) is 23.6. The van der Waals surface area contributed by atoms with Crippen LogP contribution in [0.5, 0.6) is 5.75 Å². The van der Waals surface area contributed by atoms with Crippen LogP contribution in [0.15, 0.2) is 83.8 Å². The summed E-state index contributed by atoms with van der Waals surface area (Å²) < 4.78 is 33.5. The maximum atomic E-state index is 13.5. The molecule has 0 unspecified atom stereocenters. The van der Waals surface area contributed by atoms with Gasteiger partial charge >= 0.3 is 0 Å².